The van der Waals surface area contributed by atoms with Gasteiger partial charge in [0, 0.05) is 49.7 Å². The maximum absolute atomic E-state index is 12.5. The van der Waals surface area contributed by atoms with Crippen LogP contribution in [0.2, 0.25) is 0 Å². The molecule has 20 heavy (non-hydrogen) atoms. The molecule has 0 aromatic heterocycles. The fourth-order valence-corrected chi connectivity index (χ4v) is 8.58. The maximum atomic E-state index is 12.5. The Kier molecular flexibility index (Phi) is 4.07. The van der Waals surface area contributed by atoms with E-state index in [2.05, 4.69) is 27.5 Å². The highest BCUT2D eigenvalue weighted by molar-refractivity contribution is 14.1. The second-order valence-corrected chi connectivity index (χ2v) is 10.5. The van der Waals surface area contributed by atoms with Crippen LogP contribution >= 0.6 is 22.6 Å². The van der Waals surface area contributed by atoms with E-state index in [1.165, 1.54) is 0 Å². The van der Waals surface area contributed by atoms with Gasteiger partial charge in [0.05, 0.1) is 12.1 Å². The Bertz CT molecular complexity index is 556. The quantitative estimate of drug-likeness (QED) is 0.623. The van der Waals surface area contributed by atoms with Gasteiger partial charge in [0.1, 0.15) is 4.08 Å². The van der Waals surface area contributed by atoms with Crippen molar-refractivity contribution in [1.82, 2.24) is 4.90 Å². The summed E-state index contributed by atoms with van der Waals surface area (Å²) < 4.78 is 25.4. The number of nitrogens with zero attached hydrogens (tertiary/aromatic N) is 1. The highest BCUT2D eigenvalue weighted by Gasteiger charge is 2.63. The number of hydrogen-bond acceptors (Lipinski definition) is 4. The van der Waals surface area contributed by atoms with Crippen LogP contribution in [0, 0.1) is 0 Å². The van der Waals surface area contributed by atoms with Crippen LogP contribution in [0.5, 0.6) is 0 Å². The lowest BCUT2D eigenvalue weighted by Crippen LogP contribution is -2.49. The Morgan fingerprint density at radius 1 is 1.50 bits per heavy atom. The number of allylic oxidation sites excluding steroid dienone is 1. The summed E-state index contributed by atoms with van der Waals surface area (Å²) in [6.45, 7) is 2.63. The van der Waals surface area contributed by atoms with Gasteiger partial charge in [-0.2, -0.15) is 0 Å². The van der Waals surface area contributed by atoms with Crippen molar-refractivity contribution in [3.63, 3.8) is 0 Å². The highest BCUT2D eigenvalue weighted by Crippen LogP contribution is 2.47. The number of rotatable bonds is 2. The first kappa shape index (κ1) is 15.1. The first-order valence-corrected chi connectivity index (χ1v) is 10.3. The van der Waals surface area contributed by atoms with Crippen molar-refractivity contribution < 1.29 is 13.2 Å². The molecule has 0 aromatic carbocycles. The predicted octanol–water partition coefficient (Wildman–Crippen LogP) is 1.11. The van der Waals surface area contributed by atoms with E-state index in [-0.39, 0.29) is 17.9 Å². The van der Waals surface area contributed by atoms with E-state index >= 15 is 0 Å². The van der Waals surface area contributed by atoms with Crippen LogP contribution < -0.4 is 0 Å². The molecular weight excluding hydrogens is 409 g/mol. The standard InChI is InChI=1S/C13H16INO3S2/c1-2-9(14)8-15-10-7-13(12(15)4-3-11(10)16)19(17)5-6-20(13)18/h2-4,10,12H,5-8H2,1H3/b9-2-/t10?,12?,19-,20-/m0/s1. The average Bonchev–Trinajstić information content (AvgIpc) is 2.83. The number of fused-ring (bicyclic) bond motifs is 3. The molecule has 0 saturated carbocycles. The van der Waals surface area contributed by atoms with Gasteiger partial charge in [-0.05, 0) is 35.6 Å². The fourth-order valence-electron chi connectivity index (χ4n) is 3.30. The molecule has 0 amide bonds. The first-order valence-electron chi connectivity index (χ1n) is 6.56. The molecule has 7 heteroatoms. The van der Waals surface area contributed by atoms with E-state index in [9.17, 15) is 13.2 Å². The molecule has 0 aliphatic carbocycles. The van der Waals surface area contributed by atoms with Crippen molar-refractivity contribution in [1.29, 1.82) is 0 Å². The Balaban J connectivity index is 2.03. The van der Waals surface area contributed by atoms with Crippen LogP contribution in [0.4, 0.5) is 0 Å². The summed E-state index contributed by atoms with van der Waals surface area (Å²) >= 11 is 2.26. The molecule has 3 aliphatic heterocycles. The van der Waals surface area contributed by atoms with Crippen LogP contribution in [-0.2, 0) is 26.4 Å². The summed E-state index contributed by atoms with van der Waals surface area (Å²) in [6.07, 6.45) is 5.90. The largest absolute Gasteiger partial charge is 0.293 e. The Morgan fingerprint density at radius 2 is 2.15 bits per heavy atom. The average molecular weight is 425 g/mol. The number of carbonyl (C=O) groups is 1. The zero-order valence-corrected chi connectivity index (χ0v) is 14.9. The molecule has 2 bridgehead atoms. The smallest absolute Gasteiger partial charge is 0.172 e. The van der Waals surface area contributed by atoms with Crippen LogP contribution in [0.15, 0.2) is 21.8 Å². The van der Waals surface area contributed by atoms with Crippen LogP contribution in [0.25, 0.3) is 0 Å². The molecule has 4 nitrogen and oxygen atoms in total. The van der Waals surface area contributed by atoms with E-state index in [4.69, 9.17) is 0 Å². The van der Waals surface area contributed by atoms with Gasteiger partial charge in [0.25, 0.3) is 0 Å². The van der Waals surface area contributed by atoms with Gasteiger partial charge >= 0.3 is 0 Å². The SMILES string of the molecule is C/C=C(\I)CN1C2CC3(C1C=CC2=O)[S@@](=O)CC[S@@]3=O. The maximum Gasteiger partial charge on any atom is 0.172 e. The van der Waals surface area contributed by atoms with Gasteiger partial charge in [-0.15, -0.1) is 0 Å². The fraction of sp³-hybridized carbons (Fsp3) is 0.615. The Labute approximate surface area is 137 Å². The summed E-state index contributed by atoms with van der Waals surface area (Å²) in [4.78, 5) is 14.2. The van der Waals surface area contributed by atoms with Gasteiger partial charge in [-0.25, -0.2) is 0 Å². The van der Waals surface area contributed by atoms with Crippen molar-refractivity contribution in [2.75, 3.05) is 18.1 Å². The molecule has 2 saturated heterocycles. The minimum Gasteiger partial charge on any atom is -0.293 e. The molecule has 3 rings (SSSR count). The second kappa shape index (κ2) is 5.40. The predicted molar refractivity (Wildman–Crippen MR) is 89.6 cm³/mol. The molecule has 4 atom stereocenters. The van der Waals surface area contributed by atoms with E-state index in [1.54, 1.807) is 6.08 Å². The lowest BCUT2D eigenvalue weighted by molar-refractivity contribution is -0.119. The highest BCUT2D eigenvalue weighted by atomic mass is 127. The molecule has 0 N–H and O–H groups in total. The molecule has 2 unspecified atom stereocenters. The van der Waals surface area contributed by atoms with Crippen molar-refractivity contribution in [2.45, 2.75) is 29.5 Å². The van der Waals surface area contributed by atoms with Crippen molar-refractivity contribution in [3.8, 4) is 0 Å². The van der Waals surface area contributed by atoms with Gasteiger partial charge in [-0.1, -0.05) is 12.2 Å². The normalized spacial score (nSPS) is 39.9. The lowest BCUT2D eigenvalue weighted by Gasteiger charge is -2.33. The van der Waals surface area contributed by atoms with Crippen molar-refractivity contribution in [2.24, 2.45) is 0 Å². The summed E-state index contributed by atoms with van der Waals surface area (Å²) in [7, 11) is -2.23. The van der Waals surface area contributed by atoms with E-state index in [1.807, 2.05) is 19.1 Å². The zero-order valence-electron chi connectivity index (χ0n) is 11.1. The van der Waals surface area contributed by atoms with Gasteiger partial charge in [-0.3, -0.25) is 18.1 Å². The van der Waals surface area contributed by atoms with Gasteiger partial charge in [0.2, 0.25) is 0 Å². The molecule has 1 spiro atoms. The third-order valence-corrected chi connectivity index (χ3v) is 10.2. The molecular formula is C13H16INO3S2. The van der Waals surface area contributed by atoms with Crippen molar-refractivity contribution in [3.05, 3.63) is 21.8 Å². The van der Waals surface area contributed by atoms with Gasteiger partial charge < -0.3 is 0 Å². The van der Waals surface area contributed by atoms with Crippen molar-refractivity contribution >= 4 is 50.0 Å². The topological polar surface area (TPSA) is 54.5 Å². The van der Waals surface area contributed by atoms with Gasteiger partial charge in [0.15, 0.2) is 5.78 Å². The van der Waals surface area contributed by atoms with E-state index < -0.39 is 25.7 Å². The summed E-state index contributed by atoms with van der Waals surface area (Å²) in [5.74, 6) is 1.04. The number of ketones is 1. The summed E-state index contributed by atoms with van der Waals surface area (Å²) in [5, 5.41) is 0. The molecule has 110 valence electrons. The molecule has 3 heterocycles. The number of halogens is 1. The number of carbonyl (C=O) groups excluding carboxylic acids is 1. The molecule has 0 radical (unpaired) electrons. The minimum atomic E-state index is -1.12. The monoisotopic (exact) mass is 425 g/mol. The Morgan fingerprint density at radius 3 is 2.75 bits per heavy atom. The van der Waals surface area contributed by atoms with E-state index in [0.717, 1.165) is 3.58 Å². The minimum absolute atomic E-state index is 0.0549. The second-order valence-electron chi connectivity index (χ2n) is 5.25. The third-order valence-electron chi connectivity index (χ3n) is 4.33. The lowest BCUT2D eigenvalue weighted by atomic mass is 10.1. The molecule has 0 aromatic rings. The summed E-state index contributed by atoms with van der Waals surface area (Å²) in [6, 6.07) is -0.403. The Hall–Kier alpha value is 0.140. The number of hydrogen-bond donors (Lipinski definition) is 0. The zero-order chi connectivity index (χ0) is 14.5. The summed E-state index contributed by atoms with van der Waals surface area (Å²) in [5.41, 5.74) is 0. The van der Waals surface area contributed by atoms with Crippen LogP contribution in [0.3, 0.4) is 0 Å². The van der Waals surface area contributed by atoms with Crippen LogP contribution in [0.1, 0.15) is 13.3 Å². The van der Waals surface area contributed by atoms with E-state index in [0.29, 0.717) is 24.5 Å². The first-order chi connectivity index (χ1) is 9.50. The third kappa shape index (κ3) is 2.04. The molecule has 2 fully saturated rings. The van der Waals surface area contributed by atoms with Crippen LogP contribution in [-0.4, -0.2) is 53.3 Å². The molecule has 3 aliphatic rings.